The normalized spacial score (nSPS) is 27.6. The van der Waals surface area contributed by atoms with Crippen LogP contribution in [0.25, 0.3) is 0 Å². The largest absolute Gasteiger partial charge is 0.447 e. The first-order chi connectivity index (χ1) is 8.73. The maximum atomic E-state index is 12.1. The Labute approximate surface area is 107 Å². The van der Waals surface area contributed by atoms with Gasteiger partial charge in [-0.3, -0.25) is 4.90 Å². The van der Waals surface area contributed by atoms with E-state index >= 15 is 0 Å². The predicted molar refractivity (Wildman–Crippen MR) is 69.8 cm³/mol. The number of aryl methyl sites for hydroxylation is 1. The Bertz CT molecular complexity index is 467. The van der Waals surface area contributed by atoms with Crippen LogP contribution in [-0.4, -0.2) is 31.3 Å². The van der Waals surface area contributed by atoms with Crippen LogP contribution in [0.1, 0.15) is 18.4 Å². The van der Waals surface area contributed by atoms with Crippen molar-refractivity contribution in [1.29, 1.82) is 0 Å². The van der Waals surface area contributed by atoms with E-state index in [4.69, 9.17) is 4.74 Å². The van der Waals surface area contributed by atoms with Gasteiger partial charge in [0.05, 0.1) is 11.2 Å². The second-order valence-electron chi connectivity index (χ2n) is 5.18. The molecule has 18 heavy (non-hydrogen) atoms. The van der Waals surface area contributed by atoms with Gasteiger partial charge in [0.15, 0.2) is 0 Å². The molecule has 2 fully saturated rings. The zero-order valence-corrected chi connectivity index (χ0v) is 10.6. The number of carbonyl (C=O) groups is 1. The fourth-order valence-electron chi connectivity index (χ4n) is 2.95. The zero-order valence-electron chi connectivity index (χ0n) is 10.6. The summed E-state index contributed by atoms with van der Waals surface area (Å²) in [7, 11) is 0. The topological polar surface area (TPSA) is 41.6 Å². The van der Waals surface area contributed by atoms with Gasteiger partial charge in [0.1, 0.15) is 6.61 Å². The lowest BCUT2D eigenvalue weighted by atomic mass is 9.89. The predicted octanol–water partition coefficient (Wildman–Crippen LogP) is 2.07. The molecule has 0 aliphatic carbocycles. The lowest BCUT2D eigenvalue weighted by Gasteiger charge is -2.39. The van der Waals surface area contributed by atoms with E-state index in [1.54, 1.807) is 0 Å². The van der Waals surface area contributed by atoms with Crippen LogP contribution in [-0.2, 0) is 4.74 Å². The summed E-state index contributed by atoms with van der Waals surface area (Å²) in [5.74, 6) is 0. The van der Waals surface area contributed by atoms with E-state index in [0.29, 0.717) is 6.61 Å². The molecule has 1 unspecified atom stereocenters. The van der Waals surface area contributed by atoms with E-state index in [0.717, 1.165) is 37.2 Å². The molecule has 1 N–H and O–H groups in total. The van der Waals surface area contributed by atoms with Crippen LogP contribution < -0.4 is 10.2 Å². The number of hydrogen-bond acceptors (Lipinski definition) is 3. The third-order valence-electron chi connectivity index (χ3n) is 3.93. The van der Waals surface area contributed by atoms with Crippen LogP contribution in [0.3, 0.4) is 0 Å². The smallest absolute Gasteiger partial charge is 0.415 e. The lowest BCUT2D eigenvalue weighted by Crippen LogP contribution is -2.57. The average Bonchev–Trinajstić information content (AvgIpc) is 2.69. The summed E-state index contributed by atoms with van der Waals surface area (Å²) in [6, 6.07) is 7.99. The first kappa shape index (κ1) is 11.5. The Morgan fingerprint density at radius 3 is 2.94 bits per heavy atom. The quantitative estimate of drug-likeness (QED) is 0.824. The molecule has 2 aliphatic heterocycles. The van der Waals surface area contributed by atoms with Gasteiger partial charge in [-0.05, 0) is 37.9 Å². The van der Waals surface area contributed by atoms with Crippen LogP contribution >= 0.6 is 0 Å². The molecule has 96 valence electrons. The number of nitrogens with zero attached hydrogens (tertiary/aromatic N) is 1. The Kier molecular flexibility index (Phi) is 2.74. The van der Waals surface area contributed by atoms with Gasteiger partial charge < -0.3 is 10.1 Å². The minimum absolute atomic E-state index is 0.193. The monoisotopic (exact) mass is 246 g/mol. The summed E-state index contributed by atoms with van der Waals surface area (Å²) >= 11 is 0. The summed E-state index contributed by atoms with van der Waals surface area (Å²) in [4.78, 5) is 13.9. The van der Waals surface area contributed by atoms with Crippen molar-refractivity contribution < 1.29 is 9.53 Å². The van der Waals surface area contributed by atoms with Crippen molar-refractivity contribution in [3.63, 3.8) is 0 Å². The van der Waals surface area contributed by atoms with Gasteiger partial charge in [0, 0.05) is 6.54 Å². The van der Waals surface area contributed by atoms with Crippen molar-refractivity contribution in [2.24, 2.45) is 0 Å². The summed E-state index contributed by atoms with van der Waals surface area (Å²) in [6.45, 7) is 4.36. The molecule has 2 saturated heterocycles. The van der Waals surface area contributed by atoms with Crippen LogP contribution in [0, 0.1) is 6.92 Å². The number of cyclic esters (lactones) is 1. The Balaban J connectivity index is 2.02. The molecule has 4 heteroatoms. The molecule has 2 heterocycles. The number of para-hydroxylation sites is 1. The number of nitrogens with one attached hydrogen (secondary N) is 1. The number of benzene rings is 1. The van der Waals surface area contributed by atoms with E-state index in [1.807, 2.05) is 36.1 Å². The minimum atomic E-state index is -0.215. The van der Waals surface area contributed by atoms with Gasteiger partial charge in [-0.1, -0.05) is 18.2 Å². The molecule has 2 aliphatic rings. The fourth-order valence-corrected chi connectivity index (χ4v) is 2.95. The highest BCUT2D eigenvalue weighted by Crippen LogP contribution is 2.36. The van der Waals surface area contributed by atoms with E-state index < -0.39 is 0 Å². The maximum Gasteiger partial charge on any atom is 0.415 e. The molecule has 4 nitrogen and oxygen atoms in total. The van der Waals surface area contributed by atoms with Gasteiger partial charge in [-0.2, -0.15) is 0 Å². The van der Waals surface area contributed by atoms with Gasteiger partial charge in [0.2, 0.25) is 0 Å². The molecular formula is C14H18N2O2. The zero-order chi connectivity index (χ0) is 12.6. The van der Waals surface area contributed by atoms with Crippen LogP contribution in [0.5, 0.6) is 0 Å². The number of carbonyl (C=O) groups excluding carboxylic acids is 1. The van der Waals surface area contributed by atoms with Crippen molar-refractivity contribution in [2.45, 2.75) is 25.3 Å². The molecular weight excluding hydrogens is 228 g/mol. The summed E-state index contributed by atoms with van der Waals surface area (Å²) in [6.07, 6.45) is 1.87. The van der Waals surface area contributed by atoms with Crippen LogP contribution in [0.4, 0.5) is 10.5 Å². The van der Waals surface area contributed by atoms with Crippen molar-refractivity contribution in [2.75, 3.05) is 24.6 Å². The number of rotatable bonds is 1. The molecule has 0 radical (unpaired) electrons. The number of piperidine rings is 1. The van der Waals surface area contributed by atoms with E-state index in [9.17, 15) is 4.79 Å². The summed E-state index contributed by atoms with van der Waals surface area (Å²) in [5.41, 5.74) is 1.89. The molecule has 1 amide bonds. The third kappa shape index (κ3) is 1.68. The lowest BCUT2D eigenvalue weighted by molar-refractivity contribution is 0.167. The number of anilines is 1. The number of hydrogen-bond donors (Lipinski definition) is 1. The maximum absolute atomic E-state index is 12.1. The number of ether oxygens (including phenoxy) is 1. The Morgan fingerprint density at radius 2 is 2.22 bits per heavy atom. The molecule has 1 aromatic rings. The fraction of sp³-hybridized carbons (Fsp3) is 0.500. The second-order valence-corrected chi connectivity index (χ2v) is 5.18. The Hall–Kier alpha value is -1.55. The molecule has 1 atom stereocenters. The highest BCUT2D eigenvalue weighted by molar-refractivity contribution is 5.92. The molecule has 0 aromatic heterocycles. The number of amides is 1. The Morgan fingerprint density at radius 1 is 1.39 bits per heavy atom. The molecule has 0 bridgehead atoms. The highest BCUT2D eigenvalue weighted by atomic mass is 16.6. The van der Waals surface area contributed by atoms with Gasteiger partial charge in [0.25, 0.3) is 0 Å². The second kappa shape index (κ2) is 4.28. The molecule has 0 saturated carbocycles. The van der Waals surface area contributed by atoms with E-state index in [-0.39, 0.29) is 11.6 Å². The van der Waals surface area contributed by atoms with E-state index in [1.165, 1.54) is 0 Å². The molecule has 3 rings (SSSR count). The van der Waals surface area contributed by atoms with Crippen molar-refractivity contribution in [3.8, 4) is 0 Å². The SMILES string of the molecule is Cc1ccccc1N1C(=O)OCC12CCCNC2. The molecule has 1 spiro atoms. The molecule has 1 aromatic carbocycles. The highest BCUT2D eigenvalue weighted by Gasteiger charge is 2.49. The van der Waals surface area contributed by atoms with Crippen molar-refractivity contribution >= 4 is 11.8 Å². The van der Waals surface area contributed by atoms with Crippen molar-refractivity contribution in [1.82, 2.24) is 5.32 Å². The summed E-state index contributed by atoms with van der Waals surface area (Å²) in [5, 5.41) is 3.38. The van der Waals surface area contributed by atoms with Crippen LogP contribution in [0.15, 0.2) is 24.3 Å². The minimum Gasteiger partial charge on any atom is -0.447 e. The third-order valence-corrected chi connectivity index (χ3v) is 3.93. The van der Waals surface area contributed by atoms with Gasteiger partial charge in [-0.15, -0.1) is 0 Å². The van der Waals surface area contributed by atoms with E-state index in [2.05, 4.69) is 5.32 Å². The average molecular weight is 246 g/mol. The first-order valence-corrected chi connectivity index (χ1v) is 6.46. The standard InChI is InChI=1S/C14H18N2O2/c1-11-5-2-3-6-12(11)16-13(17)18-10-14(16)7-4-8-15-9-14/h2-3,5-6,15H,4,7-10H2,1H3. The van der Waals surface area contributed by atoms with Gasteiger partial charge in [-0.25, -0.2) is 4.79 Å². The van der Waals surface area contributed by atoms with Gasteiger partial charge >= 0.3 is 6.09 Å². The summed E-state index contributed by atoms with van der Waals surface area (Å²) < 4.78 is 5.32. The van der Waals surface area contributed by atoms with Crippen LogP contribution in [0.2, 0.25) is 0 Å². The first-order valence-electron chi connectivity index (χ1n) is 6.46. The van der Waals surface area contributed by atoms with Crippen molar-refractivity contribution in [3.05, 3.63) is 29.8 Å².